The van der Waals surface area contributed by atoms with Crippen molar-refractivity contribution in [1.82, 2.24) is 25.7 Å². The van der Waals surface area contributed by atoms with Crippen molar-refractivity contribution in [2.24, 2.45) is 5.92 Å². The predicted octanol–water partition coefficient (Wildman–Crippen LogP) is -0.314. The van der Waals surface area contributed by atoms with Crippen molar-refractivity contribution in [3.05, 3.63) is 11.8 Å². The van der Waals surface area contributed by atoms with E-state index in [1.54, 1.807) is 19.0 Å². The summed E-state index contributed by atoms with van der Waals surface area (Å²) in [6, 6.07) is -1.13. The van der Waals surface area contributed by atoms with Gasteiger partial charge in [-0.2, -0.15) is 0 Å². The van der Waals surface area contributed by atoms with E-state index in [2.05, 4.69) is 20.8 Å². The van der Waals surface area contributed by atoms with Gasteiger partial charge in [-0.3, -0.25) is 14.5 Å². The van der Waals surface area contributed by atoms with Crippen LogP contribution in [0.25, 0.3) is 0 Å². The number of aromatic nitrogens is 2. The van der Waals surface area contributed by atoms with E-state index in [0.29, 0.717) is 0 Å². The van der Waals surface area contributed by atoms with Crippen LogP contribution < -0.4 is 10.6 Å². The van der Waals surface area contributed by atoms with Crippen LogP contribution in [0.2, 0.25) is 0 Å². The van der Waals surface area contributed by atoms with Gasteiger partial charge in [-0.25, -0.2) is 0 Å². The fraction of sp³-hybridized carbons (Fsp3) is 0.750. The standard InChI is InChI=1S/C16H27N5O5/c1-21(2)12(9-22)16-20-19-15(26-16)11(3-4-13(23)24)18-14(25)10-5-7-17-8-6-10/h10-12,17,22H,3-9H2,1-2H3,(H,18,25)(H,23,24)/t11-,12-/m0/s1. The topological polar surface area (TPSA) is 141 Å². The van der Waals surface area contributed by atoms with Crippen molar-refractivity contribution in [3.8, 4) is 0 Å². The zero-order chi connectivity index (χ0) is 19.1. The minimum absolute atomic E-state index is 0.113. The molecule has 0 aromatic carbocycles. The molecule has 1 amide bonds. The van der Waals surface area contributed by atoms with Crippen molar-refractivity contribution >= 4 is 11.9 Å². The molecule has 0 aliphatic carbocycles. The molecule has 2 heterocycles. The fourth-order valence-electron chi connectivity index (χ4n) is 2.88. The number of hydrogen-bond acceptors (Lipinski definition) is 8. The Labute approximate surface area is 152 Å². The predicted molar refractivity (Wildman–Crippen MR) is 91.2 cm³/mol. The lowest BCUT2D eigenvalue weighted by atomic mass is 9.96. The van der Waals surface area contributed by atoms with Crippen molar-refractivity contribution in [2.75, 3.05) is 33.8 Å². The van der Waals surface area contributed by atoms with Gasteiger partial charge >= 0.3 is 5.97 Å². The summed E-state index contributed by atoms with van der Waals surface area (Å²) < 4.78 is 5.64. The van der Waals surface area contributed by atoms with Crippen molar-refractivity contribution in [1.29, 1.82) is 0 Å². The van der Waals surface area contributed by atoms with E-state index in [4.69, 9.17) is 9.52 Å². The van der Waals surface area contributed by atoms with Crippen molar-refractivity contribution in [2.45, 2.75) is 37.8 Å². The first kappa shape index (κ1) is 20.3. The molecule has 26 heavy (non-hydrogen) atoms. The minimum atomic E-state index is -0.965. The number of nitrogens with zero attached hydrogens (tertiary/aromatic N) is 3. The van der Waals surface area contributed by atoms with Crippen molar-refractivity contribution in [3.63, 3.8) is 0 Å². The molecule has 0 bridgehead atoms. The maximum atomic E-state index is 12.5. The van der Waals surface area contributed by atoms with E-state index in [1.807, 2.05) is 0 Å². The van der Waals surface area contributed by atoms with Gasteiger partial charge in [-0.05, 0) is 46.4 Å². The van der Waals surface area contributed by atoms with Gasteiger partial charge < -0.3 is 25.3 Å². The second kappa shape index (κ2) is 9.60. The molecule has 2 rings (SSSR count). The van der Waals surface area contributed by atoms with Gasteiger partial charge in [0.15, 0.2) is 0 Å². The minimum Gasteiger partial charge on any atom is -0.481 e. The number of aliphatic carboxylic acids is 1. The highest BCUT2D eigenvalue weighted by atomic mass is 16.4. The Bertz CT molecular complexity index is 600. The Balaban J connectivity index is 2.12. The SMILES string of the molecule is CN(C)[C@@H](CO)c1nnc([C@H](CCC(=O)O)NC(=O)C2CCNCC2)o1. The number of rotatable bonds is 9. The second-order valence-corrected chi connectivity index (χ2v) is 6.66. The maximum absolute atomic E-state index is 12.5. The smallest absolute Gasteiger partial charge is 0.303 e. The summed E-state index contributed by atoms with van der Waals surface area (Å²) in [6.45, 7) is 1.36. The number of amides is 1. The highest BCUT2D eigenvalue weighted by molar-refractivity contribution is 5.79. The van der Waals surface area contributed by atoms with Gasteiger partial charge in [-0.1, -0.05) is 0 Å². The van der Waals surface area contributed by atoms with Gasteiger partial charge in [0.25, 0.3) is 0 Å². The Kier molecular flexibility index (Phi) is 7.49. The number of carbonyl (C=O) groups excluding carboxylic acids is 1. The first-order valence-electron chi connectivity index (χ1n) is 8.75. The van der Waals surface area contributed by atoms with Gasteiger partial charge in [0.2, 0.25) is 17.7 Å². The van der Waals surface area contributed by atoms with E-state index in [0.717, 1.165) is 25.9 Å². The number of likely N-dealkylation sites (N-methyl/N-ethyl adjacent to an activating group) is 1. The van der Waals surface area contributed by atoms with E-state index in [-0.39, 0.29) is 43.1 Å². The Morgan fingerprint density at radius 1 is 1.31 bits per heavy atom. The molecule has 1 saturated heterocycles. The zero-order valence-corrected chi connectivity index (χ0v) is 15.1. The number of carbonyl (C=O) groups is 2. The van der Waals surface area contributed by atoms with E-state index < -0.39 is 18.1 Å². The van der Waals surface area contributed by atoms with Crippen LogP contribution >= 0.6 is 0 Å². The molecule has 1 aliphatic heterocycles. The average Bonchev–Trinajstić information content (AvgIpc) is 3.08. The van der Waals surface area contributed by atoms with Gasteiger partial charge in [0.1, 0.15) is 12.1 Å². The van der Waals surface area contributed by atoms with Crippen LogP contribution in [0.15, 0.2) is 4.42 Å². The highest BCUT2D eigenvalue weighted by Gasteiger charge is 2.28. The molecule has 1 aromatic heterocycles. The summed E-state index contributed by atoms with van der Waals surface area (Å²) in [6.07, 6.45) is 1.49. The quantitative estimate of drug-likeness (QED) is 0.461. The number of piperidine rings is 1. The van der Waals surface area contributed by atoms with Crippen LogP contribution in [-0.2, 0) is 9.59 Å². The lowest BCUT2D eigenvalue weighted by molar-refractivity contribution is -0.137. The largest absolute Gasteiger partial charge is 0.481 e. The number of carboxylic acids is 1. The highest BCUT2D eigenvalue weighted by Crippen LogP contribution is 2.23. The van der Waals surface area contributed by atoms with Crippen LogP contribution in [0.1, 0.15) is 49.5 Å². The molecule has 0 unspecified atom stereocenters. The number of hydrogen-bond donors (Lipinski definition) is 4. The molecular weight excluding hydrogens is 342 g/mol. The van der Waals surface area contributed by atoms with Gasteiger partial charge in [0, 0.05) is 12.3 Å². The van der Waals surface area contributed by atoms with Crippen LogP contribution in [0, 0.1) is 5.92 Å². The normalized spacial score (nSPS) is 17.8. The van der Waals surface area contributed by atoms with Crippen LogP contribution in [0.3, 0.4) is 0 Å². The molecule has 146 valence electrons. The number of nitrogens with one attached hydrogen (secondary N) is 2. The number of carboxylic acid groups (broad SMARTS) is 1. The third kappa shape index (κ3) is 5.48. The average molecular weight is 369 g/mol. The van der Waals surface area contributed by atoms with Crippen molar-refractivity contribution < 1.29 is 24.2 Å². The van der Waals surface area contributed by atoms with Gasteiger partial charge in [-0.15, -0.1) is 10.2 Å². The Morgan fingerprint density at radius 3 is 2.54 bits per heavy atom. The zero-order valence-electron chi connectivity index (χ0n) is 15.1. The van der Waals surface area contributed by atoms with Crippen LogP contribution in [-0.4, -0.2) is 71.0 Å². The summed E-state index contributed by atoms with van der Waals surface area (Å²) >= 11 is 0. The molecule has 1 aromatic rings. The third-order valence-corrected chi connectivity index (χ3v) is 4.51. The first-order chi connectivity index (χ1) is 12.4. The molecule has 0 spiro atoms. The summed E-state index contributed by atoms with van der Waals surface area (Å²) in [4.78, 5) is 25.2. The molecule has 1 aliphatic rings. The number of aliphatic hydroxyl groups excluding tert-OH is 1. The van der Waals surface area contributed by atoms with E-state index in [1.165, 1.54) is 0 Å². The Hall–Kier alpha value is -2.04. The third-order valence-electron chi connectivity index (χ3n) is 4.51. The summed E-state index contributed by atoms with van der Waals surface area (Å²) in [5.41, 5.74) is 0. The van der Waals surface area contributed by atoms with Crippen LogP contribution in [0.4, 0.5) is 0 Å². The van der Waals surface area contributed by atoms with Crippen LogP contribution in [0.5, 0.6) is 0 Å². The van der Waals surface area contributed by atoms with Gasteiger partial charge in [0.05, 0.1) is 6.61 Å². The molecule has 0 radical (unpaired) electrons. The monoisotopic (exact) mass is 369 g/mol. The number of aliphatic hydroxyl groups is 1. The lowest BCUT2D eigenvalue weighted by Gasteiger charge is -2.24. The first-order valence-corrected chi connectivity index (χ1v) is 8.75. The summed E-state index contributed by atoms with van der Waals surface area (Å²) in [5.74, 6) is -0.828. The molecule has 4 N–H and O–H groups in total. The van der Waals surface area contributed by atoms with E-state index in [9.17, 15) is 14.7 Å². The van der Waals surface area contributed by atoms with E-state index >= 15 is 0 Å². The lowest BCUT2D eigenvalue weighted by Crippen LogP contribution is -2.39. The molecule has 0 saturated carbocycles. The fourth-order valence-corrected chi connectivity index (χ4v) is 2.88. The molecule has 1 fully saturated rings. The molecule has 10 nitrogen and oxygen atoms in total. The molecule has 2 atom stereocenters. The Morgan fingerprint density at radius 2 is 1.96 bits per heavy atom. The summed E-state index contributed by atoms with van der Waals surface area (Å²) in [5, 5.41) is 32.4. The maximum Gasteiger partial charge on any atom is 0.303 e. The molecular formula is C16H27N5O5. The second-order valence-electron chi connectivity index (χ2n) is 6.66. The molecule has 10 heteroatoms. The summed E-state index contributed by atoms with van der Waals surface area (Å²) in [7, 11) is 3.54.